The van der Waals surface area contributed by atoms with Crippen LogP contribution >= 0.6 is 0 Å². The molecule has 0 heterocycles. The Hall–Kier alpha value is -2.16. The largest absolute Gasteiger partial charge is 2.00 e. The molecule has 0 amide bonds. The summed E-state index contributed by atoms with van der Waals surface area (Å²) in [6.45, 7) is 21.8. The van der Waals surface area contributed by atoms with E-state index in [0.29, 0.717) is 5.56 Å². The minimum atomic E-state index is -0.346. The number of benzene rings is 2. The molecule has 35 heavy (non-hydrogen) atoms. The van der Waals surface area contributed by atoms with Gasteiger partial charge >= 0.3 is 21.7 Å². The molecule has 0 aliphatic heterocycles. The van der Waals surface area contributed by atoms with Crippen LogP contribution in [0.2, 0.25) is 0 Å². The van der Waals surface area contributed by atoms with E-state index in [0.717, 1.165) is 5.56 Å². The molecule has 0 saturated heterocycles. The third-order valence-corrected chi connectivity index (χ3v) is 7.17. The molecule has 2 aromatic carbocycles. The molecule has 184 valence electrons. The van der Waals surface area contributed by atoms with E-state index in [-0.39, 0.29) is 44.1 Å². The first-order valence-corrected chi connectivity index (χ1v) is 11.8. The zero-order chi connectivity index (χ0) is 25.8. The molecular formula is C32H39FOTi. The van der Waals surface area contributed by atoms with E-state index in [1.54, 1.807) is 0 Å². The van der Waals surface area contributed by atoms with Crippen molar-refractivity contribution in [2.75, 3.05) is 0 Å². The van der Waals surface area contributed by atoms with Crippen molar-refractivity contribution < 1.29 is 31.2 Å². The number of halogens is 1. The van der Waals surface area contributed by atoms with Gasteiger partial charge < -0.3 is 5.11 Å². The molecule has 1 N–H and O–H groups in total. The summed E-state index contributed by atoms with van der Waals surface area (Å²) in [5.41, 5.74) is 10.1. The minimum absolute atomic E-state index is 0. The topological polar surface area (TPSA) is 20.2 Å². The third-order valence-electron chi connectivity index (χ3n) is 7.17. The molecule has 2 aromatic rings. The van der Waals surface area contributed by atoms with Gasteiger partial charge in [-0.05, 0) is 23.8 Å². The summed E-state index contributed by atoms with van der Waals surface area (Å²) >= 11 is 0. The molecule has 2 aliphatic carbocycles. The number of aromatic hydroxyl groups is 1. The van der Waals surface area contributed by atoms with E-state index in [2.05, 4.69) is 81.4 Å². The molecule has 0 unspecified atom stereocenters. The Balaban J connectivity index is 0.000000265. The Morgan fingerprint density at radius 3 is 1.43 bits per heavy atom. The Morgan fingerprint density at radius 2 is 1.11 bits per heavy atom. The van der Waals surface area contributed by atoms with Gasteiger partial charge in [0.1, 0.15) is 11.6 Å². The van der Waals surface area contributed by atoms with Gasteiger partial charge in [0.25, 0.3) is 0 Å². The van der Waals surface area contributed by atoms with E-state index in [9.17, 15) is 9.50 Å². The van der Waals surface area contributed by atoms with Crippen LogP contribution in [-0.4, -0.2) is 5.11 Å². The first-order valence-electron chi connectivity index (χ1n) is 11.8. The quantitative estimate of drug-likeness (QED) is 0.302. The normalized spacial score (nSPS) is 17.5. The number of hydrogen-bond donors (Lipinski definition) is 1. The Kier molecular flexibility index (Phi) is 10.8. The second-order valence-corrected chi connectivity index (χ2v) is 10.3. The Bertz CT molecular complexity index is 1110. The molecule has 0 atom stereocenters. The number of hydrogen-bond acceptors (Lipinski definition) is 1. The molecule has 2 aliphatic rings. The van der Waals surface area contributed by atoms with E-state index in [1.165, 1.54) is 51.6 Å². The molecule has 0 fully saturated rings. The molecule has 0 aromatic heterocycles. The molecule has 0 bridgehead atoms. The number of allylic oxidation sites excluding steroid dienone is 8. The maximum Gasteiger partial charge on any atom is 2.00 e. The summed E-state index contributed by atoms with van der Waals surface area (Å²) in [5, 5.41) is 9.52. The predicted molar refractivity (Wildman–Crippen MR) is 143 cm³/mol. The van der Waals surface area contributed by atoms with Gasteiger partial charge in [0.15, 0.2) is 0 Å². The van der Waals surface area contributed by atoms with Crippen molar-refractivity contribution in [2.24, 2.45) is 10.8 Å². The molecule has 3 heteroatoms. The van der Waals surface area contributed by atoms with Gasteiger partial charge in [0.2, 0.25) is 0 Å². The van der Waals surface area contributed by atoms with E-state index in [4.69, 9.17) is 0 Å². The standard InChI is InChI=1S/C12H9FO.2C10H15.Ti/c13-10-6-7-12(14)11(8-10)9-4-2-1-3-5-9;2*1-7-6-10(4,5)9(3)8(7)2;/h1-8,14H;2*1-5H3;/q;2*-1;+2. The van der Waals surface area contributed by atoms with Gasteiger partial charge in [-0.15, -0.1) is 13.8 Å². The fraction of sp³-hybridized carbons (Fsp3) is 0.375. The van der Waals surface area contributed by atoms with Crippen LogP contribution in [0, 0.1) is 28.8 Å². The predicted octanol–water partition coefficient (Wildman–Crippen LogP) is 9.42. The fourth-order valence-corrected chi connectivity index (χ4v) is 4.17. The summed E-state index contributed by atoms with van der Waals surface area (Å²) < 4.78 is 12.9. The molecule has 0 spiro atoms. The van der Waals surface area contributed by atoms with Crippen molar-refractivity contribution in [3.05, 3.63) is 99.9 Å². The van der Waals surface area contributed by atoms with Crippen molar-refractivity contribution >= 4 is 0 Å². The maximum absolute atomic E-state index is 12.9. The summed E-state index contributed by atoms with van der Waals surface area (Å²) in [4.78, 5) is 0. The van der Waals surface area contributed by atoms with Crippen molar-refractivity contribution in [3.63, 3.8) is 0 Å². The monoisotopic (exact) mass is 506 g/mol. The van der Waals surface area contributed by atoms with E-state index < -0.39 is 0 Å². The van der Waals surface area contributed by atoms with Crippen molar-refractivity contribution in [2.45, 2.75) is 69.2 Å². The zero-order valence-corrected chi connectivity index (χ0v) is 24.5. The molecular weight excluding hydrogens is 467 g/mol. The van der Waals surface area contributed by atoms with Crippen LogP contribution in [0.1, 0.15) is 69.2 Å². The van der Waals surface area contributed by atoms with Crippen LogP contribution < -0.4 is 0 Å². The van der Waals surface area contributed by atoms with Crippen LogP contribution in [0.25, 0.3) is 11.1 Å². The number of phenolic OH excluding ortho intramolecular Hbond substituents is 1. The average Bonchev–Trinajstić information content (AvgIpc) is 3.07. The summed E-state index contributed by atoms with van der Waals surface area (Å²) in [6, 6.07) is 13.1. The van der Waals surface area contributed by atoms with Gasteiger partial charge in [-0.2, -0.15) is 22.3 Å². The van der Waals surface area contributed by atoms with Gasteiger partial charge in [0, 0.05) is 5.56 Å². The van der Waals surface area contributed by atoms with E-state index >= 15 is 0 Å². The SMILES string of the molecule is CC1=[C-]C(C)(C)C(C)=C1C.CC1=[C-]C(C)(C)C(C)=C1C.Oc1ccc(F)cc1-c1ccccc1.[Ti+2]. The van der Waals surface area contributed by atoms with Crippen LogP contribution in [0.5, 0.6) is 5.75 Å². The smallest absolute Gasteiger partial charge is 0.507 e. The second kappa shape index (κ2) is 12.2. The van der Waals surface area contributed by atoms with Gasteiger partial charge in [0.05, 0.1) is 0 Å². The molecule has 0 radical (unpaired) electrons. The van der Waals surface area contributed by atoms with Gasteiger partial charge in [-0.3, -0.25) is 12.2 Å². The Morgan fingerprint density at radius 1 is 0.686 bits per heavy atom. The van der Waals surface area contributed by atoms with Crippen LogP contribution in [0.15, 0.2) is 82.0 Å². The maximum atomic E-state index is 12.9. The minimum Gasteiger partial charge on any atom is -0.507 e. The summed E-state index contributed by atoms with van der Waals surface area (Å²) in [5.74, 6) is -0.251. The second-order valence-electron chi connectivity index (χ2n) is 10.3. The summed E-state index contributed by atoms with van der Waals surface area (Å²) in [7, 11) is 0. The molecule has 1 nitrogen and oxygen atoms in total. The zero-order valence-electron chi connectivity index (χ0n) is 22.9. The molecule has 0 saturated carbocycles. The number of rotatable bonds is 1. The summed E-state index contributed by atoms with van der Waals surface area (Å²) in [6.07, 6.45) is 6.87. The van der Waals surface area contributed by atoms with Gasteiger partial charge in [-0.25, -0.2) is 15.5 Å². The third kappa shape index (κ3) is 7.66. The Labute approximate surface area is 227 Å². The van der Waals surface area contributed by atoms with Crippen LogP contribution in [0.3, 0.4) is 0 Å². The van der Waals surface area contributed by atoms with E-state index in [1.807, 2.05) is 30.3 Å². The van der Waals surface area contributed by atoms with Crippen molar-refractivity contribution in [1.82, 2.24) is 0 Å². The van der Waals surface area contributed by atoms with Gasteiger partial charge in [-0.1, -0.05) is 96.6 Å². The van der Waals surface area contributed by atoms with Crippen LogP contribution in [0.4, 0.5) is 4.39 Å². The average molecular weight is 507 g/mol. The fourth-order valence-electron chi connectivity index (χ4n) is 4.17. The first kappa shape index (κ1) is 30.9. The van der Waals surface area contributed by atoms with Crippen molar-refractivity contribution in [1.29, 1.82) is 0 Å². The first-order chi connectivity index (χ1) is 15.7. The number of phenols is 1. The van der Waals surface area contributed by atoms with Crippen molar-refractivity contribution in [3.8, 4) is 16.9 Å². The molecule has 4 rings (SSSR count). The van der Waals surface area contributed by atoms with Crippen LogP contribution in [-0.2, 0) is 21.7 Å².